The Morgan fingerprint density at radius 2 is 2.14 bits per heavy atom. The molecule has 0 saturated heterocycles. The van der Waals surface area contributed by atoms with Crippen molar-refractivity contribution in [2.75, 3.05) is 0 Å². The highest BCUT2D eigenvalue weighted by atomic mass is 32.1. The van der Waals surface area contributed by atoms with Crippen molar-refractivity contribution in [2.24, 2.45) is 5.11 Å². The monoisotopic (exact) mass is 207 g/mol. The molecule has 0 aliphatic heterocycles. The van der Waals surface area contributed by atoms with E-state index in [-0.39, 0.29) is 5.54 Å². The molecule has 0 amide bonds. The Labute approximate surface area is 87.4 Å². The zero-order valence-electron chi connectivity index (χ0n) is 8.02. The van der Waals surface area contributed by atoms with Crippen LogP contribution < -0.4 is 0 Å². The standard InChI is InChI=1S/C10H13N3S/c11-13-12-10(6-2-1-3-7-10)9-5-4-8-14-9/h4-5,8H,1-3,6-7H2. The van der Waals surface area contributed by atoms with Gasteiger partial charge in [-0.2, -0.15) is 0 Å². The van der Waals surface area contributed by atoms with Gasteiger partial charge < -0.3 is 0 Å². The first-order valence-electron chi connectivity index (χ1n) is 4.98. The second-order valence-electron chi connectivity index (χ2n) is 3.76. The Morgan fingerprint density at radius 3 is 2.71 bits per heavy atom. The topological polar surface area (TPSA) is 48.8 Å². The molecule has 3 nitrogen and oxygen atoms in total. The second kappa shape index (κ2) is 4.03. The van der Waals surface area contributed by atoms with Gasteiger partial charge in [-0.3, -0.25) is 0 Å². The minimum Gasteiger partial charge on any atom is -0.148 e. The maximum atomic E-state index is 8.65. The van der Waals surface area contributed by atoms with E-state index < -0.39 is 0 Å². The van der Waals surface area contributed by atoms with E-state index in [2.05, 4.69) is 21.5 Å². The van der Waals surface area contributed by atoms with Crippen LogP contribution in [0.5, 0.6) is 0 Å². The normalized spacial score (nSPS) is 20.0. The zero-order chi connectivity index (χ0) is 9.86. The number of hydrogen-bond acceptors (Lipinski definition) is 2. The van der Waals surface area contributed by atoms with E-state index >= 15 is 0 Å². The Balaban J connectivity index is 2.34. The smallest absolute Gasteiger partial charge is 0.0831 e. The molecular formula is C10H13N3S. The van der Waals surface area contributed by atoms with E-state index in [1.54, 1.807) is 11.3 Å². The van der Waals surface area contributed by atoms with Gasteiger partial charge in [-0.05, 0) is 29.8 Å². The van der Waals surface area contributed by atoms with Crippen molar-refractivity contribution in [2.45, 2.75) is 37.6 Å². The molecule has 4 heteroatoms. The summed E-state index contributed by atoms with van der Waals surface area (Å²) in [7, 11) is 0. The van der Waals surface area contributed by atoms with Gasteiger partial charge in [0.15, 0.2) is 0 Å². The van der Waals surface area contributed by atoms with Crippen LogP contribution in [-0.4, -0.2) is 0 Å². The Hall–Kier alpha value is -0.990. The van der Waals surface area contributed by atoms with E-state index in [4.69, 9.17) is 5.53 Å². The fourth-order valence-corrected chi connectivity index (χ4v) is 3.09. The lowest BCUT2D eigenvalue weighted by Gasteiger charge is -2.31. The summed E-state index contributed by atoms with van der Waals surface area (Å²) in [5, 5.41) is 6.10. The van der Waals surface area contributed by atoms with Gasteiger partial charge in [0.25, 0.3) is 0 Å². The summed E-state index contributed by atoms with van der Waals surface area (Å²) in [5.41, 5.74) is 8.42. The highest BCUT2D eigenvalue weighted by molar-refractivity contribution is 7.10. The van der Waals surface area contributed by atoms with Crippen molar-refractivity contribution in [3.05, 3.63) is 32.8 Å². The SMILES string of the molecule is [N-]=[N+]=NC1(c2cccs2)CCCCC1. The first-order chi connectivity index (χ1) is 6.87. The van der Waals surface area contributed by atoms with Crippen LogP contribution in [0.25, 0.3) is 10.4 Å². The molecule has 1 fully saturated rings. The molecule has 0 bridgehead atoms. The van der Waals surface area contributed by atoms with Gasteiger partial charge in [-0.25, -0.2) is 0 Å². The maximum absolute atomic E-state index is 8.65. The van der Waals surface area contributed by atoms with Crippen molar-refractivity contribution in [1.29, 1.82) is 0 Å². The Morgan fingerprint density at radius 1 is 1.36 bits per heavy atom. The van der Waals surface area contributed by atoms with Gasteiger partial charge >= 0.3 is 0 Å². The second-order valence-corrected chi connectivity index (χ2v) is 4.71. The predicted octanol–water partition coefficient (Wildman–Crippen LogP) is 4.22. The van der Waals surface area contributed by atoms with E-state index in [1.165, 1.54) is 24.1 Å². The Bertz CT molecular complexity index is 332. The van der Waals surface area contributed by atoms with Gasteiger partial charge in [0.1, 0.15) is 0 Å². The van der Waals surface area contributed by atoms with Gasteiger partial charge in [0.2, 0.25) is 0 Å². The molecule has 2 rings (SSSR count). The predicted molar refractivity (Wildman–Crippen MR) is 58.2 cm³/mol. The third-order valence-corrected chi connectivity index (χ3v) is 3.96. The van der Waals surface area contributed by atoms with Crippen molar-refractivity contribution in [3.8, 4) is 0 Å². The minimum absolute atomic E-state index is 0.221. The number of nitrogens with zero attached hydrogens (tertiary/aromatic N) is 3. The van der Waals surface area contributed by atoms with Gasteiger partial charge in [-0.15, -0.1) is 11.3 Å². The molecule has 0 unspecified atom stereocenters. The summed E-state index contributed by atoms with van der Waals surface area (Å²) in [6.45, 7) is 0. The average molecular weight is 207 g/mol. The molecule has 0 radical (unpaired) electrons. The molecule has 0 spiro atoms. The molecule has 1 aromatic heterocycles. The quantitative estimate of drug-likeness (QED) is 0.396. The molecule has 1 saturated carbocycles. The lowest BCUT2D eigenvalue weighted by molar-refractivity contribution is 0.307. The number of rotatable bonds is 2. The lowest BCUT2D eigenvalue weighted by Crippen LogP contribution is -2.24. The highest BCUT2D eigenvalue weighted by Gasteiger charge is 2.33. The fourth-order valence-electron chi connectivity index (χ4n) is 2.16. The van der Waals surface area contributed by atoms with E-state index in [1.807, 2.05) is 6.07 Å². The Kier molecular flexibility index (Phi) is 2.75. The molecule has 14 heavy (non-hydrogen) atoms. The van der Waals surface area contributed by atoms with Crippen LogP contribution >= 0.6 is 11.3 Å². The molecule has 1 aliphatic rings. The first-order valence-corrected chi connectivity index (χ1v) is 5.86. The summed E-state index contributed by atoms with van der Waals surface area (Å²) >= 11 is 1.70. The summed E-state index contributed by atoms with van der Waals surface area (Å²) in [5.74, 6) is 0. The molecule has 1 aromatic rings. The first kappa shape index (κ1) is 9.56. The summed E-state index contributed by atoms with van der Waals surface area (Å²) in [6.07, 6.45) is 5.65. The highest BCUT2D eigenvalue weighted by Crippen LogP contribution is 2.42. The average Bonchev–Trinajstić information content (AvgIpc) is 2.73. The molecule has 74 valence electrons. The molecule has 1 aliphatic carbocycles. The molecule has 0 aromatic carbocycles. The number of azide groups is 1. The van der Waals surface area contributed by atoms with Gasteiger partial charge in [0.05, 0.1) is 5.54 Å². The molecular weight excluding hydrogens is 194 g/mol. The molecule has 1 heterocycles. The van der Waals surface area contributed by atoms with Crippen LogP contribution in [0.1, 0.15) is 37.0 Å². The van der Waals surface area contributed by atoms with Crippen LogP contribution in [0, 0.1) is 0 Å². The van der Waals surface area contributed by atoms with E-state index in [9.17, 15) is 0 Å². The van der Waals surface area contributed by atoms with E-state index in [0.29, 0.717) is 0 Å². The largest absolute Gasteiger partial charge is 0.148 e. The van der Waals surface area contributed by atoms with Crippen molar-refractivity contribution >= 4 is 11.3 Å². The maximum Gasteiger partial charge on any atom is 0.0831 e. The van der Waals surface area contributed by atoms with Crippen LogP contribution in [0.4, 0.5) is 0 Å². The van der Waals surface area contributed by atoms with E-state index in [0.717, 1.165) is 12.8 Å². The number of thiophene rings is 1. The van der Waals surface area contributed by atoms with Gasteiger partial charge in [0, 0.05) is 9.79 Å². The third kappa shape index (κ3) is 1.63. The minimum atomic E-state index is -0.221. The van der Waals surface area contributed by atoms with Crippen LogP contribution in [0.3, 0.4) is 0 Å². The number of hydrogen-bond donors (Lipinski definition) is 0. The summed E-state index contributed by atoms with van der Waals surface area (Å²) < 4.78 is 0. The van der Waals surface area contributed by atoms with Crippen molar-refractivity contribution in [1.82, 2.24) is 0 Å². The van der Waals surface area contributed by atoms with Crippen molar-refractivity contribution < 1.29 is 0 Å². The third-order valence-electron chi connectivity index (χ3n) is 2.90. The van der Waals surface area contributed by atoms with Crippen LogP contribution in [0.15, 0.2) is 22.6 Å². The van der Waals surface area contributed by atoms with Crippen molar-refractivity contribution in [3.63, 3.8) is 0 Å². The van der Waals surface area contributed by atoms with Crippen LogP contribution in [0.2, 0.25) is 0 Å². The summed E-state index contributed by atoms with van der Waals surface area (Å²) in [6, 6.07) is 4.12. The molecule has 0 atom stereocenters. The summed E-state index contributed by atoms with van der Waals surface area (Å²) in [4.78, 5) is 4.25. The zero-order valence-corrected chi connectivity index (χ0v) is 8.83. The lowest BCUT2D eigenvalue weighted by atomic mass is 9.81. The van der Waals surface area contributed by atoms with Gasteiger partial charge in [-0.1, -0.05) is 30.4 Å². The van der Waals surface area contributed by atoms with Crippen LogP contribution in [-0.2, 0) is 5.54 Å². The molecule has 0 N–H and O–H groups in total. The fraction of sp³-hybridized carbons (Fsp3) is 0.600.